The summed E-state index contributed by atoms with van der Waals surface area (Å²) in [5.41, 5.74) is 1.18. The van der Waals surface area contributed by atoms with Crippen molar-refractivity contribution in [2.45, 2.75) is 37.8 Å². The summed E-state index contributed by atoms with van der Waals surface area (Å²) < 4.78 is 10.4. The molecule has 1 fully saturated rings. The highest BCUT2D eigenvalue weighted by molar-refractivity contribution is 5.76. The Bertz CT molecular complexity index is 446. The van der Waals surface area contributed by atoms with Gasteiger partial charge in [0.15, 0.2) is 0 Å². The van der Waals surface area contributed by atoms with Crippen molar-refractivity contribution in [2.24, 2.45) is 0 Å². The molecule has 5 nitrogen and oxygen atoms in total. The zero-order valence-corrected chi connectivity index (χ0v) is 12.4. The van der Waals surface area contributed by atoms with Crippen molar-refractivity contribution in [3.8, 4) is 5.75 Å². The summed E-state index contributed by atoms with van der Waals surface area (Å²) in [5.74, 6) is 0.806. The molecule has 21 heavy (non-hydrogen) atoms. The van der Waals surface area contributed by atoms with Crippen LogP contribution in [0.15, 0.2) is 24.3 Å². The average molecular weight is 293 g/mol. The molecule has 116 valence electrons. The summed E-state index contributed by atoms with van der Waals surface area (Å²) in [4.78, 5) is 11.8. The second-order valence-corrected chi connectivity index (χ2v) is 5.31. The van der Waals surface area contributed by atoms with Gasteiger partial charge in [-0.3, -0.25) is 4.79 Å². The van der Waals surface area contributed by atoms with Gasteiger partial charge in [-0.15, -0.1) is 0 Å². The predicted molar refractivity (Wildman–Crippen MR) is 79.3 cm³/mol. The van der Waals surface area contributed by atoms with Gasteiger partial charge in [0.25, 0.3) is 0 Å². The number of methoxy groups -OCH3 is 1. The second-order valence-electron chi connectivity index (χ2n) is 5.31. The zero-order valence-electron chi connectivity index (χ0n) is 12.4. The monoisotopic (exact) mass is 293 g/mol. The molecular formula is C16H23NO4. The van der Waals surface area contributed by atoms with Gasteiger partial charge in [-0.05, 0) is 37.0 Å². The van der Waals surface area contributed by atoms with Crippen molar-refractivity contribution >= 4 is 5.91 Å². The molecule has 0 bridgehead atoms. The first kappa shape index (κ1) is 15.8. The summed E-state index contributed by atoms with van der Waals surface area (Å²) in [6.07, 6.45) is 2.17. The van der Waals surface area contributed by atoms with Crippen molar-refractivity contribution in [2.75, 3.05) is 20.3 Å². The van der Waals surface area contributed by atoms with Crippen molar-refractivity contribution in [3.05, 3.63) is 29.8 Å². The largest absolute Gasteiger partial charge is 0.497 e. The molecule has 1 aromatic rings. The third kappa shape index (κ3) is 5.02. The summed E-state index contributed by atoms with van der Waals surface area (Å²) in [7, 11) is 1.64. The van der Waals surface area contributed by atoms with Crippen LogP contribution in [0.25, 0.3) is 0 Å². The number of benzene rings is 1. The Morgan fingerprint density at radius 1 is 1.43 bits per heavy atom. The highest BCUT2D eigenvalue weighted by atomic mass is 16.5. The summed E-state index contributed by atoms with van der Waals surface area (Å²) in [6, 6.07) is 7.59. The first-order valence-corrected chi connectivity index (χ1v) is 7.37. The molecular weight excluding hydrogens is 270 g/mol. The summed E-state index contributed by atoms with van der Waals surface area (Å²) in [5, 5.41) is 12.6. The fourth-order valence-corrected chi connectivity index (χ4v) is 2.39. The summed E-state index contributed by atoms with van der Waals surface area (Å²) in [6.45, 7) is 0.955. The zero-order chi connectivity index (χ0) is 15.1. The van der Waals surface area contributed by atoms with Crippen molar-refractivity contribution in [1.29, 1.82) is 0 Å². The number of rotatable bonds is 6. The van der Waals surface area contributed by atoms with E-state index in [2.05, 4.69) is 5.32 Å². The minimum absolute atomic E-state index is 0.0296. The van der Waals surface area contributed by atoms with E-state index in [4.69, 9.17) is 9.47 Å². The van der Waals surface area contributed by atoms with Gasteiger partial charge in [0.2, 0.25) is 5.91 Å². The fourth-order valence-electron chi connectivity index (χ4n) is 2.39. The van der Waals surface area contributed by atoms with Crippen molar-refractivity contribution in [1.82, 2.24) is 5.32 Å². The minimum atomic E-state index is -0.496. The summed E-state index contributed by atoms with van der Waals surface area (Å²) >= 11 is 0. The average Bonchev–Trinajstić information content (AvgIpc) is 2.50. The molecule has 1 aliphatic rings. The third-order valence-corrected chi connectivity index (χ3v) is 3.69. The number of hydrogen-bond donors (Lipinski definition) is 2. The second kappa shape index (κ2) is 8.00. The number of aliphatic hydroxyl groups is 1. The lowest BCUT2D eigenvalue weighted by Crippen LogP contribution is -2.49. The van der Waals surface area contributed by atoms with Crippen LogP contribution in [0.4, 0.5) is 0 Å². The minimum Gasteiger partial charge on any atom is -0.497 e. The molecule has 1 heterocycles. The molecule has 1 aromatic carbocycles. The first-order chi connectivity index (χ1) is 10.2. The smallest absolute Gasteiger partial charge is 0.220 e. The Morgan fingerprint density at radius 2 is 2.19 bits per heavy atom. The van der Waals surface area contributed by atoms with E-state index >= 15 is 0 Å². The predicted octanol–water partition coefficient (Wildman–Crippen LogP) is 1.28. The SMILES string of the molecule is COc1ccc(CCCC(=O)N[C@@H]2COCC[C@H]2O)cc1. The molecule has 1 aliphatic heterocycles. The molecule has 0 saturated carbocycles. The number of amides is 1. The third-order valence-electron chi connectivity index (χ3n) is 3.69. The van der Waals surface area contributed by atoms with Crippen LogP contribution in [0.2, 0.25) is 0 Å². The maximum absolute atomic E-state index is 11.8. The molecule has 1 saturated heterocycles. The standard InChI is InChI=1S/C16H23NO4/c1-20-13-7-5-12(6-8-13)3-2-4-16(19)17-14-11-21-10-9-15(14)18/h5-8,14-15,18H,2-4,9-11H2,1H3,(H,17,19)/t14-,15-/m1/s1. The molecule has 5 heteroatoms. The highest BCUT2D eigenvalue weighted by Crippen LogP contribution is 2.13. The van der Waals surface area contributed by atoms with E-state index < -0.39 is 6.10 Å². The number of aryl methyl sites for hydroxylation is 1. The topological polar surface area (TPSA) is 67.8 Å². The highest BCUT2D eigenvalue weighted by Gasteiger charge is 2.24. The van der Waals surface area contributed by atoms with Gasteiger partial charge in [0, 0.05) is 13.0 Å². The molecule has 0 aliphatic carbocycles. The fraction of sp³-hybridized carbons (Fsp3) is 0.562. The Kier molecular flexibility index (Phi) is 6.02. The Hall–Kier alpha value is -1.59. The molecule has 0 radical (unpaired) electrons. The Balaban J connectivity index is 1.68. The quantitative estimate of drug-likeness (QED) is 0.829. The van der Waals surface area contributed by atoms with Crippen molar-refractivity contribution in [3.63, 3.8) is 0 Å². The van der Waals surface area contributed by atoms with E-state index in [0.717, 1.165) is 18.6 Å². The van der Waals surface area contributed by atoms with Crippen LogP contribution < -0.4 is 10.1 Å². The van der Waals surface area contributed by atoms with Crippen LogP contribution in [0.5, 0.6) is 5.75 Å². The number of aliphatic hydroxyl groups excluding tert-OH is 1. The normalized spacial score (nSPS) is 21.8. The number of ether oxygens (including phenoxy) is 2. The van der Waals surface area contributed by atoms with Crippen molar-refractivity contribution < 1.29 is 19.4 Å². The van der Waals surface area contributed by atoms with E-state index in [1.807, 2.05) is 24.3 Å². The van der Waals surface area contributed by atoms with Crippen LogP contribution in [0.1, 0.15) is 24.8 Å². The van der Waals surface area contributed by atoms with E-state index in [1.165, 1.54) is 5.56 Å². The van der Waals surface area contributed by atoms with Crippen LogP contribution >= 0.6 is 0 Å². The molecule has 2 N–H and O–H groups in total. The van der Waals surface area contributed by atoms with E-state index in [-0.39, 0.29) is 11.9 Å². The molecule has 0 unspecified atom stereocenters. The molecule has 1 amide bonds. The van der Waals surface area contributed by atoms with E-state index in [1.54, 1.807) is 7.11 Å². The first-order valence-electron chi connectivity index (χ1n) is 7.37. The molecule has 2 rings (SSSR count). The Labute approximate surface area is 125 Å². The maximum Gasteiger partial charge on any atom is 0.220 e. The number of carbonyl (C=O) groups is 1. The van der Waals surface area contributed by atoms with Crippen LogP contribution in [0.3, 0.4) is 0 Å². The lowest BCUT2D eigenvalue weighted by molar-refractivity contribution is -0.124. The van der Waals surface area contributed by atoms with Gasteiger partial charge in [0.1, 0.15) is 5.75 Å². The molecule has 2 atom stereocenters. The van der Waals surface area contributed by atoms with Gasteiger partial charge in [-0.1, -0.05) is 12.1 Å². The lowest BCUT2D eigenvalue weighted by atomic mass is 10.1. The van der Waals surface area contributed by atoms with E-state index in [0.29, 0.717) is 26.1 Å². The lowest BCUT2D eigenvalue weighted by Gasteiger charge is -2.28. The van der Waals surface area contributed by atoms with Gasteiger partial charge in [-0.2, -0.15) is 0 Å². The number of hydrogen-bond acceptors (Lipinski definition) is 4. The van der Waals surface area contributed by atoms with Crippen LogP contribution in [0, 0.1) is 0 Å². The van der Waals surface area contributed by atoms with E-state index in [9.17, 15) is 9.90 Å². The van der Waals surface area contributed by atoms with Crippen LogP contribution in [-0.2, 0) is 16.0 Å². The van der Waals surface area contributed by atoms with Gasteiger partial charge in [0.05, 0.1) is 25.9 Å². The number of nitrogens with one attached hydrogen (secondary N) is 1. The van der Waals surface area contributed by atoms with Gasteiger partial charge >= 0.3 is 0 Å². The maximum atomic E-state index is 11.8. The Morgan fingerprint density at radius 3 is 2.86 bits per heavy atom. The van der Waals surface area contributed by atoms with Gasteiger partial charge in [-0.25, -0.2) is 0 Å². The number of carbonyl (C=O) groups excluding carboxylic acids is 1. The molecule has 0 spiro atoms. The molecule has 0 aromatic heterocycles. The van der Waals surface area contributed by atoms with Crippen LogP contribution in [-0.4, -0.2) is 43.5 Å². The van der Waals surface area contributed by atoms with Gasteiger partial charge < -0.3 is 19.9 Å².